The molecular formula is C20H17BrO2. The van der Waals surface area contributed by atoms with Gasteiger partial charge in [0.25, 0.3) is 0 Å². The molecule has 1 saturated heterocycles. The first-order valence-corrected chi connectivity index (χ1v) is 8.64. The molecule has 0 saturated carbocycles. The normalized spacial score (nSPS) is 31.7. The van der Waals surface area contributed by atoms with Crippen LogP contribution >= 0.6 is 15.9 Å². The lowest BCUT2D eigenvalue weighted by Crippen LogP contribution is -2.45. The Morgan fingerprint density at radius 1 is 1.09 bits per heavy atom. The van der Waals surface area contributed by atoms with Gasteiger partial charge in [-0.2, -0.15) is 0 Å². The molecule has 4 atom stereocenters. The average molecular weight is 369 g/mol. The standard InChI is InChI=1S/C20H17BrO2/c1-12-5-10-16-17-4-2-3-15(13-6-8-14(21)9-7-13)19(17)23-20(22)18(16)11-12/h2-11,16-19H,1H3. The van der Waals surface area contributed by atoms with Gasteiger partial charge in [-0.25, -0.2) is 0 Å². The maximum absolute atomic E-state index is 12.5. The molecule has 0 aromatic heterocycles. The molecule has 2 aliphatic carbocycles. The highest BCUT2D eigenvalue weighted by molar-refractivity contribution is 9.10. The summed E-state index contributed by atoms with van der Waals surface area (Å²) in [7, 11) is 0. The molecule has 1 fully saturated rings. The summed E-state index contributed by atoms with van der Waals surface area (Å²) < 4.78 is 6.90. The van der Waals surface area contributed by atoms with Gasteiger partial charge in [0.05, 0.1) is 5.92 Å². The zero-order valence-corrected chi connectivity index (χ0v) is 14.4. The number of allylic oxidation sites excluding steroid dienone is 5. The maximum Gasteiger partial charge on any atom is 0.314 e. The first kappa shape index (κ1) is 14.7. The topological polar surface area (TPSA) is 26.3 Å². The number of carbonyl (C=O) groups is 1. The molecule has 4 unspecified atom stereocenters. The van der Waals surface area contributed by atoms with E-state index in [4.69, 9.17) is 4.74 Å². The minimum atomic E-state index is -0.202. The maximum atomic E-state index is 12.5. The van der Waals surface area contributed by atoms with E-state index in [1.54, 1.807) is 0 Å². The van der Waals surface area contributed by atoms with Crippen molar-refractivity contribution in [3.8, 4) is 0 Å². The van der Waals surface area contributed by atoms with Gasteiger partial charge in [0.15, 0.2) is 0 Å². The van der Waals surface area contributed by atoms with Gasteiger partial charge in [-0.1, -0.05) is 70.1 Å². The van der Waals surface area contributed by atoms with Crippen LogP contribution in [0.5, 0.6) is 0 Å². The molecule has 0 amide bonds. The van der Waals surface area contributed by atoms with E-state index in [0.29, 0.717) is 0 Å². The molecule has 1 aromatic rings. The number of carbonyl (C=O) groups excluding carboxylic acids is 1. The van der Waals surface area contributed by atoms with Gasteiger partial charge in [-0.05, 0) is 24.6 Å². The second-order valence-corrected chi connectivity index (χ2v) is 7.24. The van der Waals surface area contributed by atoms with E-state index >= 15 is 0 Å². The Balaban J connectivity index is 1.71. The fraction of sp³-hybridized carbons (Fsp3) is 0.250. The van der Waals surface area contributed by atoms with Crippen molar-refractivity contribution < 1.29 is 9.53 Å². The van der Waals surface area contributed by atoms with Crippen molar-refractivity contribution in [1.82, 2.24) is 0 Å². The van der Waals surface area contributed by atoms with Gasteiger partial charge in [-0.15, -0.1) is 0 Å². The van der Waals surface area contributed by atoms with Crippen LogP contribution in [0.15, 0.2) is 70.8 Å². The fourth-order valence-electron chi connectivity index (χ4n) is 3.69. The van der Waals surface area contributed by atoms with Crippen LogP contribution in [0.3, 0.4) is 0 Å². The van der Waals surface area contributed by atoms with E-state index in [2.05, 4.69) is 58.4 Å². The number of rotatable bonds is 1. The van der Waals surface area contributed by atoms with Gasteiger partial charge in [0.1, 0.15) is 6.10 Å². The second-order valence-electron chi connectivity index (χ2n) is 6.32. The lowest BCUT2D eigenvalue weighted by atomic mass is 9.70. The van der Waals surface area contributed by atoms with Gasteiger partial charge < -0.3 is 4.74 Å². The molecule has 2 nitrogen and oxygen atoms in total. The molecule has 4 rings (SSSR count). The predicted octanol–water partition coefficient (Wildman–Crippen LogP) is 4.69. The van der Waals surface area contributed by atoms with Crippen LogP contribution in [-0.2, 0) is 9.53 Å². The molecule has 116 valence electrons. The first-order chi connectivity index (χ1) is 11.1. The highest BCUT2D eigenvalue weighted by Crippen LogP contribution is 2.44. The van der Waals surface area contributed by atoms with Crippen molar-refractivity contribution in [3.05, 3.63) is 76.3 Å². The molecular weight excluding hydrogens is 352 g/mol. The van der Waals surface area contributed by atoms with E-state index in [1.165, 1.54) is 0 Å². The second kappa shape index (κ2) is 5.64. The number of hydrogen-bond donors (Lipinski definition) is 0. The Labute approximate surface area is 144 Å². The average Bonchev–Trinajstić information content (AvgIpc) is 2.56. The van der Waals surface area contributed by atoms with Gasteiger partial charge in [-0.3, -0.25) is 4.79 Å². The zero-order valence-electron chi connectivity index (χ0n) is 12.8. The van der Waals surface area contributed by atoms with Crippen molar-refractivity contribution in [2.45, 2.75) is 13.0 Å². The van der Waals surface area contributed by atoms with Crippen molar-refractivity contribution in [2.75, 3.05) is 0 Å². The summed E-state index contributed by atoms with van der Waals surface area (Å²) >= 11 is 3.46. The molecule has 0 N–H and O–H groups in total. The van der Waals surface area contributed by atoms with Crippen LogP contribution in [0, 0.1) is 17.8 Å². The monoisotopic (exact) mass is 368 g/mol. The third-order valence-electron chi connectivity index (χ3n) is 4.84. The Morgan fingerprint density at radius 2 is 1.87 bits per heavy atom. The summed E-state index contributed by atoms with van der Waals surface area (Å²) in [5.74, 6) is 0.107. The van der Waals surface area contributed by atoms with Crippen LogP contribution in [0.2, 0.25) is 0 Å². The van der Waals surface area contributed by atoms with Gasteiger partial charge >= 0.3 is 5.97 Å². The van der Waals surface area contributed by atoms with E-state index < -0.39 is 0 Å². The first-order valence-electron chi connectivity index (χ1n) is 7.85. The van der Waals surface area contributed by atoms with Crippen molar-refractivity contribution >= 4 is 27.5 Å². The third kappa shape index (κ3) is 2.53. The summed E-state index contributed by atoms with van der Waals surface area (Å²) in [4.78, 5) is 12.5. The number of halogens is 1. The highest BCUT2D eigenvalue weighted by atomic mass is 79.9. The Bertz CT molecular complexity index is 767. The third-order valence-corrected chi connectivity index (χ3v) is 5.37. The summed E-state index contributed by atoms with van der Waals surface area (Å²) in [6.07, 6.45) is 12.4. The minimum Gasteiger partial charge on any atom is -0.456 e. The SMILES string of the molecule is CC1=CC2C(=O)OC3C(c4ccc(Br)cc4)=CC=CC3C2C=C1. The number of esters is 1. The largest absolute Gasteiger partial charge is 0.456 e. The summed E-state index contributed by atoms with van der Waals surface area (Å²) in [5.41, 5.74) is 3.31. The molecule has 3 aliphatic rings. The van der Waals surface area contributed by atoms with E-state index in [-0.39, 0.29) is 29.8 Å². The van der Waals surface area contributed by atoms with Gasteiger partial charge in [0.2, 0.25) is 0 Å². The van der Waals surface area contributed by atoms with E-state index in [0.717, 1.165) is 21.2 Å². The van der Waals surface area contributed by atoms with Crippen LogP contribution in [0.25, 0.3) is 5.57 Å². The van der Waals surface area contributed by atoms with E-state index in [9.17, 15) is 4.79 Å². The highest BCUT2D eigenvalue weighted by Gasteiger charge is 2.45. The molecule has 0 bridgehead atoms. The van der Waals surface area contributed by atoms with Crippen LogP contribution in [0.4, 0.5) is 0 Å². The quantitative estimate of drug-likeness (QED) is 0.672. The Morgan fingerprint density at radius 3 is 2.65 bits per heavy atom. The Kier molecular flexibility index (Phi) is 3.61. The molecule has 23 heavy (non-hydrogen) atoms. The van der Waals surface area contributed by atoms with Crippen molar-refractivity contribution in [1.29, 1.82) is 0 Å². The smallest absolute Gasteiger partial charge is 0.314 e. The number of benzene rings is 1. The zero-order chi connectivity index (χ0) is 16.0. The summed E-state index contributed by atoms with van der Waals surface area (Å²) in [6.45, 7) is 2.02. The molecule has 1 aliphatic heterocycles. The fourth-order valence-corrected chi connectivity index (χ4v) is 3.96. The molecule has 0 spiro atoms. The molecule has 3 heteroatoms. The van der Waals surface area contributed by atoms with Crippen molar-refractivity contribution in [3.63, 3.8) is 0 Å². The number of ether oxygens (including phenoxy) is 1. The van der Waals surface area contributed by atoms with Crippen LogP contribution in [-0.4, -0.2) is 12.1 Å². The lowest BCUT2D eigenvalue weighted by Gasteiger charge is -2.42. The summed E-state index contributed by atoms with van der Waals surface area (Å²) in [5, 5.41) is 0. The predicted molar refractivity (Wildman–Crippen MR) is 94.5 cm³/mol. The Hall–Kier alpha value is -1.87. The summed E-state index contributed by atoms with van der Waals surface area (Å²) in [6, 6.07) is 8.16. The van der Waals surface area contributed by atoms with Crippen LogP contribution in [0.1, 0.15) is 12.5 Å². The molecule has 1 aromatic carbocycles. The van der Waals surface area contributed by atoms with Gasteiger partial charge in [0, 0.05) is 21.9 Å². The molecule has 1 heterocycles. The van der Waals surface area contributed by atoms with E-state index in [1.807, 2.05) is 25.1 Å². The van der Waals surface area contributed by atoms with Crippen molar-refractivity contribution in [2.24, 2.45) is 17.8 Å². The molecule has 0 radical (unpaired) electrons. The minimum absolute atomic E-state index is 0.113. The lowest BCUT2D eigenvalue weighted by molar-refractivity contribution is -0.160. The number of fused-ring (bicyclic) bond motifs is 3. The van der Waals surface area contributed by atoms with Crippen LogP contribution < -0.4 is 0 Å². The number of hydrogen-bond acceptors (Lipinski definition) is 2.